The van der Waals surface area contributed by atoms with Crippen LogP contribution >= 0.6 is 27.3 Å². The summed E-state index contributed by atoms with van der Waals surface area (Å²) in [6, 6.07) is 6.31. The van der Waals surface area contributed by atoms with Crippen molar-refractivity contribution < 1.29 is 9.53 Å². The summed E-state index contributed by atoms with van der Waals surface area (Å²) in [4.78, 5) is 18.5. The van der Waals surface area contributed by atoms with Gasteiger partial charge in [-0.1, -0.05) is 33.3 Å². The topological polar surface area (TPSA) is 54.5 Å². The number of nitrogens with one attached hydrogen (secondary N) is 1. The molecule has 0 radical (unpaired) electrons. The van der Waals surface area contributed by atoms with Gasteiger partial charge in [-0.25, -0.2) is 4.98 Å². The number of halogens is 1. The second-order valence-corrected chi connectivity index (χ2v) is 7.02. The third-order valence-corrected chi connectivity index (χ3v) is 4.86. The van der Waals surface area contributed by atoms with E-state index in [9.17, 15) is 4.79 Å². The second kappa shape index (κ2) is 7.50. The molecule has 118 valence electrons. The van der Waals surface area contributed by atoms with Crippen LogP contribution in [0.5, 0.6) is 0 Å². The number of rotatable bonds is 5. The molecule has 0 spiro atoms. The highest BCUT2D eigenvalue weighted by molar-refractivity contribution is 9.09. The SMILES string of the molecule is O=C(CCBr)Nc1nc2ccc(CN3CCOCC3)cc2s1. The number of fused-ring (bicyclic) bond motifs is 1. The monoisotopic (exact) mass is 383 g/mol. The maximum atomic E-state index is 11.6. The summed E-state index contributed by atoms with van der Waals surface area (Å²) in [6.45, 7) is 4.52. The fourth-order valence-electron chi connectivity index (χ4n) is 2.41. The Bertz CT molecular complexity index is 655. The van der Waals surface area contributed by atoms with Crippen molar-refractivity contribution in [3.05, 3.63) is 23.8 Å². The van der Waals surface area contributed by atoms with Gasteiger partial charge in [0.1, 0.15) is 0 Å². The Hall–Kier alpha value is -1.02. The molecule has 1 aromatic heterocycles. The molecule has 0 unspecified atom stereocenters. The largest absolute Gasteiger partial charge is 0.379 e. The molecule has 1 fully saturated rings. The number of alkyl halides is 1. The number of anilines is 1. The van der Waals surface area contributed by atoms with E-state index in [0.29, 0.717) is 16.9 Å². The summed E-state index contributed by atoms with van der Waals surface area (Å²) < 4.78 is 6.49. The average Bonchev–Trinajstić information content (AvgIpc) is 2.90. The number of hydrogen-bond donors (Lipinski definition) is 1. The quantitative estimate of drug-likeness (QED) is 0.806. The highest BCUT2D eigenvalue weighted by Crippen LogP contribution is 2.27. The number of carbonyl (C=O) groups is 1. The fourth-order valence-corrected chi connectivity index (χ4v) is 3.71. The Labute approximate surface area is 141 Å². The Morgan fingerprint density at radius 3 is 3.00 bits per heavy atom. The van der Waals surface area contributed by atoms with Crippen LogP contribution in [0.15, 0.2) is 18.2 Å². The van der Waals surface area contributed by atoms with Gasteiger partial charge in [0.25, 0.3) is 0 Å². The van der Waals surface area contributed by atoms with E-state index in [0.717, 1.165) is 43.1 Å². The van der Waals surface area contributed by atoms with Gasteiger partial charge in [0, 0.05) is 31.4 Å². The lowest BCUT2D eigenvalue weighted by atomic mass is 10.2. The minimum atomic E-state index is -0.00975. The van der Waals surface area contributed by atoms with Crippen LogP contribution in [0, 0.1) is 0 Å². The van der Waals surface area contributed by atoms with E-state index in [1.807, 2.05) is 6.07 Å². The van der Waals surface area contributed by atoms with Crippen molar-refractivity contribution in [2.45, 2.75) is 13.0 Å². The van der Waals surface area contributed by atoms with Crippen LogP contribution < -0.4 is 5.32 Å². The van der Waals surface area contributed by atoms with Gasteiger partial charge in [-0.2, -0.15) is 0 Å². The predicted octanol–water partition coefficient (Wildman–Crippen LogP) is 2.85. The van der Waals surface area contributed by atoms with Crippen molar-refractivity contribution in [2.75, 3.05) is 37.0 Å². The number of nitrogens with zero attached hydrogens (tertiary/aromatic N) is 2. The Morgan fingerprint density at radius 2 is 2.23 bits per heavy atom. The third kappa shape index (κ3) is 4.04. The van der Waals surface area contributed by atoms with E-state index in [1.54, 1.807) is 0 Å². The first-order valence-corrected chi connectivity index (χ1v) is 9.24. The van der Waals surface area contributed by atoms with Gasteiger partial charge in [0.2, 0.25) is 5.91 Å². The maximum Gasteiger partial charge on any atom is 0.226 e. The van der Waals surface area contributed by atoms with E-state index in [-0.39, 0.29) is 5.91 Å². The molecule has 1 aliphatic heterocycles. The van der Waals surface area contributed by atoms with E-state index in [1.165, 1.54) is 16.9 Å². The molecule has 0 aliphatic carbocycles. The van der Waals surface area contributed by atoms with Crippen LogP contribution in [0.3, 0.4) is 0 Å². The number of aromatic nitrogens is 1. The first kappa shape index (κ1) is 15.9. The second-order valence-electron chi connectivity index (χ2n) is 5.20. The maximum absolute atomic E-state index is 11.6. The van der Waals surface area contributed by atoms with E-state index < -0.39 is 0 Å². The molecule has 7 heteroatoms. The van der Waals surface area contributed by atoms with Gasteiger partial charge in [-0.15, -0.1) is 0 Å². The summed E-state index contributed by atoms with van der Waals surface area (Å²) in [5.41, 5.74) is 2.21. The van der Waals surface area contributed by atoms with Crippen molar-refractivity contribution in [2.24, 2.45) is 0 Å². The zero-order valence-corrected chi connectivity index (χ0v) is 14.6. The molecule has 0 bridgehead atoms. The van der Waals surface area contributed by atoms with Crippen LogP contribution in [-0.4, -0.2) is 47.4 Å². The van der Waals surface area contributed by atoms with Gasteiger partial charge < -0.3 is 10.1 Å². The number of amides is 1. The molecule has 1 N–H and O–H groups in total. The average molecular weight is 384 g/mol. The molecule has 1 amide bonds. The number of thiazole rings is 1. The van der Waals surface area contributed by atoms with Gasteiger partial charge in [0.15, 0.2) is 5.13 Å². The number of morpholine rings is 1. The molecular weight excluding hydrogens is 366 g/mol. The highest BCUT2D eigenvalue weighted by Gasteiger charge is 2.12. The minimum Gasteiger partial charge on any atom is -0.379 e. The lowest BCUT2D eigenvalue weighted by Crippen LogP contribution is -2.35. The lowest BCUT2D eigenvalue weighted by Gasteiger charge is -2.26. The first-order valence-electron chi connectivity index (χ1n) is 7.30. The summed E-state index contributed by atoms with van der Waals surface area (Å²) in [7, 11) is 0. The summed E-state index contributed by atoms with van der Waals surface area (Å²) in [6.07, 6.45) is 0.457. The van der Waals surface area contributed by atoms with E-state index in [4.69, 9.17) is 4.74 Å². The molecule has 1 aliphatic rings. The standard InChI is InChI=1S/C15H18BrN3O2S/c16-4-3-14(20)18-15-17-12-2-1-11(9-13(12)22-15)10-19-5-7-21-8-6-19/h1-2,9H,3-8,10H2,(H,17,18,20). The molecule has 0 saturated carbocycles. The van der Waals surface area contributed by atoms with E-state index >= 15 is 0 Å². The van der Waals surface area contributed by atoms with Gasteiger partial charge in [-0.05, 0) is 17.7 Å². The summed E-state index contributed by atoms with van der Waals surface area (Å²) in [5.74, 6) is -0.00975. The highest BCUT2D eigenvalue weighted by atomic mass is 79.9. The van der Waals surface area contributed by atoms with Gasteiger partial charge in [0.05, 0.1) is 23.4 Å². The first-order chi connectivity index (χ1) is 10.7. The van der Waals surface area contributed by atoms with Crippen molar-refractivity contribution >= 4 is 48.5 Å². The van der Waals surface area contributed by atoms with Crippen LogP contribution in [0.2, 0.25) is 0 Å². The number of carbonyl (C=O) groups excluding carboxylic acids is 1. The van der Waals surface area contributed by atoms with Crippen LogP contribution in [0.25, 0.3) is 10.2 Å². The smallest absolute Gasteiger partial charge is 0.226 e. The number of hydrogen-bond acceptors (Lipinski definition) is 5. The molecule has 0 atom stereocenters. The fraction of sp³-hybridized carbons (Fsp3) is 0.467. The molecule has 5 nitrogen and oxygen atoms in total. The van der Waals surface area contributed by atoms with Gasteiger partial charge in [-0.3, -0.25) is 9.69 Å². The molecule has 2 aromatic rings. The number of benzene rings is 1. The normalized spacial score (nSPS) is 16.0. The Balaban J connectivity index is 1.70. The predicted molar refractivity (Wildman–Crippen MR) is 92.8 cm³/mol. The van der Waals surface area contributed by atoms with Crippen LogP contribution in [-0.2, 0) is 16.1 Å². The van der Waals surface area contributed by atoms with E-state index in [2.05, 4.69) is 43.3 Å². The van der Waals surface area contributed by atoms with Crippen molar-refractivity contribution in [3.63, 3.8) is 0 Å². The molecule has 2 heterocycles. The summed E-state index contributed by atoms with van der Waals surface area (Å²) >= 11 is 4.79. The lowest BCUT2D eigenvalue weighted by molar-refractivity contribution is -0.115. The summed E-state index contributed by atoms with van der Waals surface area (Å²) in [5, 5.41) is 4.18. The molecule has 22 heavy (non-hydrogen) atoms. The van der Waals surface area contributed by atoms with Crippen molar-refractivity contribution in [3.8, 4) is 0 Å². The molecular formula is C15H18BrN3O2S. The molecule has 1 aromatic carbocycles. The molecule has 3 rings (SSSR count). The minimum absolute atomic E-state index is 0.00975. The Morgan fingerprint density at radius 1 is 1.41 bits per heavy atom. The van der Waals surface area contributed by atoms with Gasteiger partial charge >= 0.3 is 0 Å². The zero-order valence-electron chi connectivity index (χ0n) is 12.2. The van der Waals surface area contributed by atoms with Crippen LogP contribution in [0.4, 0.5) is 5.13 Å². The van der Waals surface area contributed by atoms with Crippen molar-refractivity contribution in [1.82, 2.24) is 9.88 Å². The number of ether oxygens (including phenoxy) is 1. The zero-order chi connectivity index (χ0) is 15.4. The third-order valence-electron chi connectivity index (χ3n) is 3.53. The molecule has 1 saturated heterocycles. The Kier molecular flexibility index (Phi) is 5.41. The van der Waals surface area contributed by atoms with Crippen molar-refractivity contribution in [1.29, 1.82) is 0 Å². The van der Waals surface area contributed by atoms with Crippen LogP contribution in [0.1, 0.15) is 12.0 Å².